The fourth-order valence-corrected chi connectivity index (χ4v) is 5.37. The molecule has 0 radical (unpaired) electrons. The Labute approximate surface area is 129 Å². The first-order valence-electron chi connectivity index (χ1n) is 7.83. The highest BCUT2D eigenvalue weighted by Crippen LogP contribution is 2.32. The lowest BCUT2D eigenvalue weighted by molar-refractivity contribution is -0.136. The van der Waals surface area contributed by atoms with Crippen molar-refractivity contribution in [1.82, 2.24) is 0 Å². The van der Waals surface area contributed by atoms with Crippen LogP contribution in [0.4, 0.5) is 0 Å². The molecule has 0 bridgehead atoms. The van der Waals surface area contributed by atoms with Crippen LogP contribution in [0.3, 0.4) is 0 Å². The van der Waals surface area contributed by atoms with E-state index in [0.29, 0.717) is 19.8 Å². The van der Waals surface area contributed by atoms with Crippen molar-refractivity contribution < 1.29 is 22.8 Å². The summed E-state index contributed by atoms with van der Waals surface area (Å²) in [6.07, 6.45) is 3.58. The Morgan fingerprint density at radius 2 is 1.62 bits per heavy atom. The second-order valence-corrected chi connectivity index (χ2v) is 7.64. The topological polar surface area (TPSA) is 54.0 Å². The van der Waals surface area contributed by atoms with Gasteiger partial charge in [-0.05, 0) is 46.5 Å². The van der Waals surface area contributed by atoms with E-state index >= 15 is 0 Å². The molecule has 0 aromatic carbocycles. The third-order valence-electron chi connectivity index (χ3n) is 3.59. The number of allylic oxidation sites excluding steroid dienone is 1. The molecule has 0 unspecified atom stereocenters. The van der Waals surface area contributed by atoms with Crippen LogP contribution in [-0.2, 0) is 22.8 Å². The minimum Gasteiger partial charge on any atom is -0.466 e. The van der Waals surface area contributed by atoms with Gasteiger partial charge in [0.1, 0.15) is 0 Å². The van der Waals surface area contributed by atoms with Crippen LogP contribution >= 0.6 is 0 Å². The summed E-state index contributed by atoms with van der Waals surface area (Å²) in [6, 6.07) is 0.721. The molecule has 0 fully saturated rings. The molecule has 6 heteroatoms. The molecular weight excluding hydrogens is 288 g/mol. The maximum absolute atomic E-state index is 11.8. The van der Waals surface area contributed by atoms with Gasteiger partial charge in [-0.15, -0.1) is 0 Å². The van der Waals surface area contributed by atoms with Gasteiger partial charge in [0.05, 0.1) is 7.11 Å². The summed E-state index contributed by atoms with van der Waals surface area (Å²) in [5, 5.41) is 0. The average molecular weight is 316 g/mol. The van der Waals surface area contributed by atoms with Crippen LogP contribution in [0.1, 0.15) is 46.5 Å². The molecule has 0 saturated carbocycles. The van der Waals surface area contributed by atoms with E-state index in [1.807, 2.05) is 20.8 Å². The zero-order chi connectivity index (χ0) is 15.7. The molecule has 0 heterocycles. The second kappa shape index (κ2) is 9.35. The predicted octanol–water partition coefficient (Wildman–Crippen LogP) is 3.08. The monoisotopic (exact) mass is 316 g/mol. The third-order valence-corrected chi connectivity index (χ3v) is 6.64. The van der Waals surface area contributed by atoms with Crippen molar-refractivity contribution in [2.45, 2.75) is 52.5 Å². The van der Waals surface area contributed by atoms with Crippen LogP contribution in [0.2, 0.25) is 6.04 Å². The first-order valence-corrected chi connectivity index (χ1v) is 9.76. The molecular formula is C15H28O5Si. The molecule has 0 aromatic heterocycles. The van der Waals surface area contributed by atoms with Crippen molar-refractivity contribution in [1.29, 1.82) is 0 Å². The van der Waals surface area contributed by atoms with E-state index in [1.165, 1.54) is 12.7 Å². The third kappa shape index (κ3) is 5.21. The number of ether oxygens (including phenoxy) is 1. The first kappa shape index (κ1) is 18.4. The summed E-state index contributed by atoms with van der Waals surface area (Å²) >= 11 is 0. The van der Waals surface area contributed by atoms with Crippen molar-refractivity contribution in [2.24, 2.45) is 0 Å². The Hall–Kier alpha value is -0.693. The van der Waals surface area contributed by atoms with Gasteiger partial charge in [0, 0.05) is 31.4 Å². The van der Waals surface area contributed by atoms with E-state index in [-0.39, 0.29) is 5.97 Å². The molecule has 5 nitrogen and oxygen atoms in total. The minimum absolute atomic E-state index is 0.195. The Kier molecular flexibility index (Phi) is 8.17. The molecule has 0 atom stereocenters. The summed E-state index contributed by atoms with van der Waals surface area (Å²) < 4.78 is 22.4. The maximum Gasteiger partial charge on any atom is 0.501 e. The van der Waals surface area contributed by atoms with Gasteiger partial charge >= 0.3 is 14.8 Å². The Balaban J connectivity index is 2.77. The SMILES string of the molecule is CCO[Si](CCC1=C(C(=O)OC)CCC1)(OCC)OCC. The van der Waals surface area contributed by atoms with Gasteiger partial charge < -0.3 is 18.0 Å². The van der Waals surface area contributed by atoms with Crippen LogP contribution in [0, 0.1) is 0 Å². The van der Waals surface area contributed by atoms with Gasteiger partial charge in [-0.25, -0.2) is 4.79 Å². The highest BCUT2D eigenvalue weighted by Gasteiger charge is 2.40. The summed E-state index contributed by atoms with van der Waals surface area (Å²) in [6.45, 7) is 7.59. The van der Waals surface area contributed by atoms with Gasteiger partial charge in [0.25, 0.3) is 0 Å². The van der Waals surface area contributed by atoms with Gasteiger partial charge in [-0.3, -0.25) is 0 Å². The number of rotatable bonds is 10. The van der Waals surface area contributed by atoms with E-state index in [0.717, 1.165) is 37.3 Å². The molecule has 0 N–H and O–H groups in total. The molecule has 0 saturated heterocycles. The van der Waals surface area contributed by atoms with E-state index < -0.39 is 8.80 Å². The predicted molar refractivity (Wildman–Crippen MR) is 82.9 cm³/mol. The largest absolute Gasteiger partial charge is 0.501 e. The molecule has 21 heavy (non-hydrogen) atoms. The smallest absolute Gasteiger partial charge is 0.466 e. The highest BCUT2D eigenvalue weighted by molar-refractivity contribution is 6.60. The molecule has 1 aliphatic rings. The fourth-order valence-electron chi connectivity index (χ4n) is 2.76. The first-order chi connectivity index (χ1) is 10.1. The summed E-state index contributed by atoms with van der Waals surface area (Å²) in [5.41, 5.74) is 2.02. The number of esters is 1. The maximum atomic E-state index is 11.8. The molecule has 122 valence electrons. The lowest BCUT2D eigenvalue weighted by atomic mass is 10.1. The van der Waals surface area contributed by atoms with Crippen molar-refractivity contribution in [3.05, 3.63) is 11.1 Å². The quantitative estimate of drug-likeness (QED) is 0.458. The minimum atomic E-state index is -2.62. The zero-order valence-electron chi connectivity index (χ0n) is 13.7. The van der Waals surface area contributed by atoms with Crippen LogP contribution < -0.4 is 0 Å². The number of carbonyl (C=O) groups is 1. The zero-order valence-corrected chi connectivity index (χ0v) is 14.7. The molecule has 1 aliphatic carbocycles. The number of carbonyl (C=O) groups excluding carboxylic acids is 1. The standard InChI is InChI=1S/C15H28O5Si/c1-5-18-21(19-6-2,20-7-3)12-11-13-9-8-10-14(13)15(16)17-4/h5-12H2,1-4H3. The second-order valence-electron chi connectivity index (χ2n) is 4.91. The van der Waals surface area contributed by atoms with E-state index in [4.69, 9.17) is 18.0 Å². The van der Waals surface area contributed by atoms with Gasteiger partial charge in [-0.2, -0.15) is 0 Å². The van der Waals surface area contributed by atoms with Gasteiger partial charge in [-0.1, -0.05) is 5.57 Å². The molecule has 1 rings (SSSR count). The lowest BCUT2D eigenvalue weighted by Crippen LogP contribution is -2.46. The normalized spacial score (nSPS) is 15.6. The average Bonchev–Trinajstić information content (AvgIpc) is 2.94. The summed E-state index contributed by atoms with van der Waals surface area (Å²) in [4.78, 5) is 11.8. The Bertz CT molecular complexity index is 350. The van der Waals surface area contributed by atoms with Gasteiger partial charge in [0.2, 0.25) is 0 Å². The van der Waals surface area contributed by atoms with E-state index in [2.05, 4.69) is 0 Å². The van der Waals surface area contributed by atoms with Crippen LogP contribution in [0.25, 0.3) is 0 Å². The van der Waals surface area contributed by atoms with Crippen molar-refractivity contribution in [3.8, 4) is 0 Å². The van der Waals surface area contributed by atoms with Crippen LogP contribution in [0.5, 0.6) is 0 Å². The van der Waals surface area contributed by atoms with Crippen molar-refractivity contribution in [2.75, 3.05) is 26.9 Å². The summed E-state index contributed by atoms with van der Waals surface area (Å²) in [5.74, 6) is -0.195. The Morgan fingerprint density at radius 3 is 2.10 bits per heavy atom. The van der Waals surface area contributed by atoms with Gasteiger partial charge in [0.15, 0.2) is 0 Å². The van der Waals surface area contributed by atoms with Crippen LogP contribution in [0.15, 0.2) is 11.1 Å². The molecule has 0 aromatic rings. The molecule has 0 spiro atoms. The van der Waals surface area contributed by atoms with E-state index in [9.17, 15) is 4.79 Å². The van der Waals surface area contributed by atoms with Crippen LogP contribution in [-0.4, -0.2) is 41.7 Å². The lowest BCUT2D eigenvalue weighted by Gasteiger charge is -2.28. The highest BCUT2D eigenvalue weighted by atomic mass is 28.4. The van der Waals surface area contributed by atoms with Crippen molar-refractivity contribution >= 4 is 14.8 Å². The number of methoxy groups -OCH3 is 1. The summed E-state index contributed by atoms with van der Waals surface area (Å²) in [7, 11) is -1.19. The Morgan fingerprint density at radius 1 is 1.05 bits per heavy atom. The van der Waals surface area contributed by atoms with Crippen molar-refractivity contribution in [3.63, 3.8) is 0 Å². The fraction of sp³-hybridized carbons (Fsp3) is 0.800. The number of hydrogen-bond acceptors (Lipinski definition) is 5. The number of hydrogen-bond donors (Lipinski definition) is 0. The molecule has 0 amide bonds. The molecule has 0 aliphatic heterocycles. The van der Waals surface area contributed by atoms with E-state index in [1.54, 1.807) is 0 Å².